The van der Waals surface area contributed by atoms with Crippen LogP contribution < -0.4 is 0 Å². The maximum atomic E-state index is 5.87. The Morgan fingerprint density at radius 3 is 0.698 bits per heavy atom. The lowest BCUT2D eigenvalue weighted by atomic mass is 10.2. The Bertz CT molecular complexity index is 588. The van der Waals surface area contributed by atoms with Crippen LogP contribution in [0.4, 0.5) is 0 Å². The molecule has 15 nitrogen and oxygen atoms in total. The molecule has 0 saturated carbocycles. The molecule has 0 aliphatic rings. The van der Waals surface area contributed by atoms with Gasteiger partial charge in [0.2, 0.25) is 0 Å². The van der Waals surface area contributed by atoms with E-state index < -0.39 is 0 Å². The molecular formula is C38H81N3O12. The van der Waals surface area contributed by atoms with E-state index in [0.717, 1.165) is 71.7 Å². The molecule has 0 fully saturated rings. The first-order valence-corrected chi connectivity index (χ1v) is 20.0. The van der Waals surface area contributed by atoms with Gasteiger partial charge in [-0.15, -0.1) is 0 Å². The molecule has 15 heteroatoms. The lowest BCUT2D eigenvalue weighted by Crippen LogP contribution is -2.37. The highest BCUT2D eigenvalue weighted by Crippen LogP contribution is 2.03. The molecule has 0 aliphatic heterocycles. The minimum absolute atomic E-state index is 0.577. The number of hydrogen-bond donors (Lipinski definition) is 0. The van der Waals surface area contributed by atoms with Gasteiger partial charge in [0, 0.05) is 54.6 Å². The maximum Gasteiger partial charge on any atom is 0.0701 e. The highest BCUT2D eigenvalue weighted by Gasteiger charge is 2.11. The summed E-state index contributed by atoms with van der Waals surface area (Å²) in [4.78, 5) is 7.52. The van der Waals surface area contributed by atoms with Crippen LogP contribution in [0.1, 0.15) is 32.6 Å². The summed E-state index contributed by atoms with van der Waals surface area (Å²) >= 11 is 0. The van der Waals surface area contributed by atoms with E-state index in [-0.39, 0.29) is 0 Å². The van der Waals surface area contributed by atoms with Gasteiger partial charge in [0.1, 0.15) is 0 Å². The Balaban J connectivity index is 4.80. The Labute approximate surface area is 323 Å². The molecule has 0 aliphatic carbocycles. The largest absolute Gasteiger partial charge is 0.382 e. The summed E-state index contributed by atoms with van der Waals surface area (Å²) < 4.78 is 65.7. The van der Waals surface area contributed by atoms with Crippen LogP contribution in [-0.2, 0) is 56.8 Å². The van der Waals surface area contributed by atoms with E-state index in [1.54, 1.807) is 28.4 Å². The van der Waals surface area contributed by atoms with Gasteiger partial charge in [-0.25, -0.2) is 0 Å². The predicted molar refractivity (Wildman–Crippen MR) is 208 cm³/mol. The Kier molecular flexibility index (Phi) is 45.3. The molecule has 0 radical (unpaired) electrons. The quantitative estimate of drug-likeness (QED) is 0.0841. The summed E-state index contributed by atoms with van der Waals surface area (Å²) in [5.41, 5.74) is 0. The molecule has 0 saturated heterocycles. The molecule has 0 aromatic heterocycles. The number of ether oxygens (including phenoxy) is 12. The standard InChI is InChI=1S/C38H81N3O12/c1-6-7-10-39(11-8-13-40(15-19-46-31-35-50-27-23-42-2)16-20-47-32-36-51-28-24-43-3)12-9-14-41(17-21-48-33-37-52-29-25-44-4)18-22-49-34-38-53-30-26-45-5/h6-38H2,1-5H3. The highest BCUT2D eigenvalue weighted by molar-refractivity contribution is 4.66. The van der Waals surface area contributed by atoms with Crippen LogP contribution in [0.3, 0.4) is 0 Å². The summed E-state index contributed by atoms with van der Waals surface area (Å²) in [6.45, 7) is 23.0. The minimum Gasteiger partial charge on any atom is -0.382 e. The first-order chi connectivity index (χ1) is 26.2. The fourth-order valence-electron chi connectivity index (χ4n) is 5.06. The van der Waals surface area contributed by atoms with Gasteiger partial charge in [-0.3, -0.25) is 9.80 Å². The number of unbranched alkanes of at least 4 members (excludes halogenated alkanes) is 1. The van der Waals surface area contributed by atoms with Gasteiger partial charge in [-0.05, 0) is 52.0 Å². The molecule has 0 N–H and O–H groups in total. The van der Waals surface area contributed by atoms with Crippen molar-refractivity contribution in [2.24, 2.45) is 0 Å². The Hall–Kier alpha value is -0.600. The van der Waals surface area contributed by atoms with E-state index in [1.807, 2.05) is 0 Å². The van der Waals surface area contributed by atoms with Crippen LogP contribution in [0.15, 0.2) is 0 Å². The second-order valence-electron chi connectivity index (χ2n) is 12.5. The number of rotatable bonds is 47. The molecule has 0 aromatic rings. The van der Waals surface area contributed by atoms with Gasteiger partial charge < -0.3 is 61.7 Å². The van der Waals surface area contributed by atoms with Crippen LogP contribution in [-0.4, -0.2) is 234 Å². The number of hydrogen-bond acceptors (Lipinski definition) is 15. The smallest absolute Gasteiger partial charge is 0.0701 e. The van der Waals surface area contributed by atoms with Gasteiger partial charge in [-0.1, -0.05) is 13.3 Å². The summed E-state index contributed by atoms with van der Waals surface area (Å²) in [7, 11) is 6.71. The fourth-order valence-corrected chi connectivity index (χ4v) is 5.06. The number of methoxy groups -OCH3 is 4. The monoisotopic (exact) mass is 772 g/mol. The van der Waals surface area contributed by atoms with Crippen molar-refractivity contribution in [2.45, 2.75) is 32.6 Å². The van der Waals surface area contributed by atoms with E-state index in [1.165, 1.54) is 12.8 Å². The van der Waals surface area contributed by atoms with E-state index >= 15 is 0 Å². The molecule has 0 amide bonds. The van der Waals surface area contributed by atoms with Gasteiger partial charge >= 0.3 is 0 Å². The average Bonchev–Trinajstić information content (AvgIpc) is 3.17. The second-order valence-corrected chi connectivity index (χ2v) is 12.5. The summed E-state index contributed by atoms with van der Waals surface area (Å²) in [5.74, 6) is 0. The lowest BCUT2D eigenvalue weighted by molar-refractivity contribution is 0.00857. The summed E-state index contributed by atoms with van der Waals surface area (Å²) in [6.07, 6.45) is 4.57. The third-order valence-corrected chi connectivity index (χ3v) is 8.15. The van der Waals surface area contributed by atoms with Crippen LogP contribution in [0.2, 0.25) is 0 Å². The Morgan fingerprint density at radius 1 is 0.245 bits per heavy atom. The first-order valence-electron chi connectivity index (χ1n) is 20.0. The molecule has 0 unspecified atom stereocenters. The van der Waals surface area contributed by atoms with Gasteiger partial charge in [-0.2, -0.15) is 0 Å². The van der Waals surface area contributed by atoms with Crippen LogP contribution in [0.25, 0.3) is 0 Å². The third-order valence-electron chi connectivity index (χ3n) is 8.15. The van der Waals surface area contributed by atoms with Gasteiger partial charge in [0.15, 0.2) is 0 Å². The molecule has 53 heavy (non-hydrogen) atoms. The summed E-state index contributed by atoms with van der Waals surface area (Å²) in [5, 5.41) is 0. The van der Waals surface area contributed by atoms with Crippen molar-refractivity contribution in [1.82, 2.24) is 14.7 Å². The van der Waals surface area contributed by atoms with E-state index in [2.05, 4.69) is 21.6 Å². The van der Waals surface area contributed by atoms with Crippen molar-refractivity contribution < 1.29 is 56.8 Å². The van der Waals surface area contributed by atoms with Crippen molar-refractivity contribution in [1.29, 1.82) is 0 Å². The minimum atomic E-state index is 0.577. The molecule has 0 rings (SSSR count). The third kappa shape index (κ3) is 40.9. The SMILES string of the molecule is CCCCN(CCCN(CCOCCOCCOC)CCOCCOCCOC)CCCN(CCOCCOCCOC)CCOCCOCCOC. The van der Waals surface area contributed by atoms with Crippen LogP contribution >= 0.6 is 0 Å². The zero-order valence-electron chi connectivity index (χ0n) is 34.6. The van der Waals surface area contributed by atoms with Crippen molar-refractivity contribution in [3.63, 3.8) is 0 Å². The molecule has 0 atom stereocenters. The van der Waals surface area contributed by atoms with Crippen molar-refractivity contribution >= 4 is 0 Å². The number of nitrogens with zero attached hydrogens (tertiary/aromatic N) is 3. The van der Waals surface area contributed by atoms with Crippen molar-refractivity contribution in [2.75, 3.05) is 219 Å². The van der Waals surface area contributed by atoms with E-state index in [4.69, 9.17) is 56.8 Å². The lowest BCUT2D eigenvalue weighted by Gasteiger charge is -2.27. The topological polar surface area (TPSA) is 120 Å². The molecular weight excluding hydrogens is 690 g/mol. The van der Waals surface area contributed by atoms with Crippen molar-refractivity contribution in [3.8, 4) is 0 Å². The molecule has 0 heterocycles. The molecule has 0 bridgehead atoms. The van der Waals surface area contributed by atoms with Crippen LogP contribution in [0, 0.1) is 0 Å². The molecule has 0 aromatic carbocycles. The average molecular weight is 772 g/mol. The van der Waals surface area contributed by atoms with Crippen molar-refractivity contribution in [3.05, 3.63) is 0 Å². The summed E-state index contributed by atoms with van der Waals surface area (Å²) in [6, 6.07) is 0. The zero-order valence-corrected chi connectivity index (χ0v) is 34.6. The molecule has 320 valence electrons. The molecule has 0 spiro atoms. The predicted octanol–water partition coefficient (Wildman–Crippen LogP) is 2.19. The first kappa shape index (κ1) is 52.4. The zero-order chi connectivity index (χ0) is 38.6. The van der Waals surface area contributed by atoms with Crippen LogP contribution in [0.5, 0.6) is 0 Å². The van der Waals surface area contributed by atoms with E-state index in [9.17, 15) is 0 Å². The normalized spacial score (nSPS) is 12.0. The maximum absolute atomic E-state index is 5.87. The van der Waals surface area contributed by atoms with E-state index in [0.29, 0.717) is 132 Å². The van der Waals surface area contributed by atoms with Gasteiger partial charge in [0.25, 0.3) is 0 Å². The van der Waals surface area contributed by atoms with Gasteiger partial charge in [0.05, 0.1) is 132 Å². The Morgan fingerprint density at radius 2 is 0.453 bits per heavy atom. The fraction of sp³-hybridized carbons (Fsp3) is 1.00. The second kappa shape index (κ2) is 45.8. The highest BCUT2D eigenvalue weighted by atomic mass is 16.6.